The number of nitrogens with one attached hydrogen (secondary N) is 2. The third-order valence-electron chi connectivity index (χ3n) is 4.47. The number of nitrogens with zero attached hydrogens (tertiary/aromatic N) is 1. The molecular weight excluding hydrogens is 394 g/mol. The zero-order valence-electron chi connectivity index (χ0n) is 16.2. The topological polar surface area (TPSA) is 105 Å². The number of morpholine rings is 1. The first-order chi connectivity index (χ1) is 13.8. The first-order valence-corrected chi connectivity index (χ1v) is 10.6. The van der Waals surface area contributed by atoms with Crippen LogP contribution in [0.5, 0.6) is 0 Å². The van der Waals surface area contributed by atoms with Crippen molar-refractivity contribution in [2.75, 3.05) is 13.1 Å². The number of benzene rings is 2. The van der Waals surface area contributed by atoms with Crippen LogP contribution in [0.2, 0.25) is 0 Å². The minimum Gasteiger partial charge on any atom is -0.373 e. The van der Waals surface area contributed by atoms with Gasteiger partial charge < -0.3 is 4.74 Å². The van der Waals surface area contributed by atoms with Gasteiger partial charge in [0, 0.05) is 24.2 Å². The van der Waals surface area contributed by atoms with Gasteiger partial charge >= 0.3 is 0 Å². The molecule has 1 heterocycles. The van der Waals surface area contributed by atoms with Crippen LogP contribution in [0.15, 0.2) is 59.5 Å². The van der Waals surface area contributed by atoms with Gasteiger partial charge in [0.2, 0.25) is 10.0 Å². The van der Waals surface area contributed by atoms with Crippen molar-refractivity contribution in [3.8, 4) is 0 Å². The molecule has 2 atom stereocenters. The highest BCUT2D eigenvalue weighted by Gasteiger charge is 2.32. The molecule has 0 radical (unpaired) electrons. The van der Waals surface area contributed by atoms with E-state index in [0.29, 0.717) is 5.56 Å². The maximum atomic E-state index is 12.8. The van der Waals surface area contributed by atoms with Gasteiger partial charge in [-0.3, -0.25) is 20.4 Å². The lowest BCUT2D eigenvalue weighted by Gasteiger charge is -2.34. The molecule has 0 saturated carbocycles. The Morgan fingerprint density at radius 3 is 1.86 bits per heavy atom. The number of amides is 2. The fourth-order valence-corrected chi connectivity index (χ4v) is 4.69. The number of hydrogen-bond donors (Lipinski definition) is 2. The van der Waals surface area contributed by atoms with Crippen molar-refractivity contribution in [2.24, 2.45) is 0 Å². The number of hydrogen-bond acceptors (Lipinski definition) is 5. The summed E-state index contributed by atoms with van der Waals surface area (Å²) in [5.41, 5.74) is 5.27. The molecule has 2 aromatic carbocycles. The fraction of sp³-hybridized carbons (Fsp3) is 0.300. The van der Waals surface area contributed by atoms with Crippen LogP contribution in [0.25, 0.3) is 0 Å². The highest BCUT2D eigenvalue weighted by atomic mass is 32.2. The zero-order valence-corrected chi connectivity index (χ0v) is 17.0. The zero-order chi connectivity index (χ0) is 21.0. The summed E-state index contributed by atoms with van der Waals surface area (Å²) < 4.78 is 32.7. The molecule has 0 unspecified atom stereocenters. The largest absolute Gasteiger partial charge is 0.373 e. The van der Waals surface area contributed by atoms with Crippen molar-refractivity contribution in [3.63, 3.8) is 0 Å². The number of ether oxygens (including phenoxy) is 1. The molecular formula is C20H23N3O5S. The molecule has 8 nitrogen and oxygen atoms in total. The predicted octanol–water partition coefficient (Wildman–Crippen LogP) is 1.56. The molecule has 0 spiro atoms. The molecule has 0 aromatic heterocycles. The molecule has 9 heteroatoms. The Kier molecular flexibility index (Phi) is 6.31. The average molecular weight is 417 g/mol. The van der Waals surface area contributed by atoms with Crippen LogP contribution in [0.4, 0.5) is 0 Å². The molecule has 29 heavy (non-hydrogen) atoms. The van der Waals surface area contributed by atoms with Crippen molar-refractivity contribution in [2.45, 2.75) is 31.0 Å². The number of carbonyl (C=O) groups excluding carboxylic acids is 2. The first kappa shape index (κ1) is 21.0. The minimum absolute atomic E-state index is 0.101. The van der Waals surface area contributed by atoms with Crippen molar-refractivity contribution in [1.82, 2.24) is 15.2 Å². The SMILES string of the molecule is C[C@@H]1CN(S(=O)(=O)c2ccc(C(=O)NNC(=O)c3ccccc3)cc2)C[C@H](C)O1. The van der Waals surface area contributed by atoms with E-state index in [1.54, 1.807) is 30.3 Å². The lowest BCUT2D eigenvalue weighted by molar-refractivity contribution is -0.0440. The Bertz CT molecular complexity index is 967. The van der Waals surface area contributed by atoms with E-state index in [0.717, 1.165) is 0 Å². The van der Waals surface area contributed by atoms with E-state index in [-0.39, 0.29) is 35.8 Å². The van der Waals surface area contributed by atoms with E-state index in [4.69, 9.17) is 4.74 Å². The van der Waals surface area contributed by atoms with Crippen LogP contribution in [-0.2, 0) is 14.8 Å². The lowest BCUT2D eigenvalue weighted by atomic mass is 10.2. The van der Waals surface area contributed by atoms with Gasteiger partial charge in [0.05, 0.1) is 17.1 Å². The minimum atomic E-state index is -3.68. The molecule has 2 amide bonds. The summed E-state index contributed by atoms with van der Waals surface area (Å²) in [6.45, 7) is 4.21. The summed E-state index contributed by atoms with van der Waals surface area (Å²) >= 11 is 0. The van der Waals surface area contributed by atoms with Crippen LogP contribution >= 0.6 is 0 Å². The van der Waals surface area contributed by atoms with Crippen molar-refractivity contribution in [3.05, 3.63) is 65.7 Å². The second-order valence-corrected chi connectivity index (χ2v) is 8.82. The van der Waals surface area contributed by atoms with Crippen molar-refractivity contribution in [1.29, 1.82) is 0 Å². The van der Waals surface area contributed by atoms with E-state index in [9.17, 15) is 18.0 Å². The Morgan fingerprint density at radius 2 is 1.34 bits per heavy atom. The molecule has 1 saturated heterocycles. The van der Waals surface area contributed by atoms with Gasteiger partial charge in [0.15, 0.2) is 0 Å². The van der Waals surface area contributed by atoms with Gasteiger partial charge in [-0.15, -0.1) is 0 Å². The monoisotopic (exact) mass is 417 g/mol. The summed E-state index contributed by atoms with van der Waals surface area (Å²) in [7, 11) is -3.68. The van der Waals surface area contributed by atoms with E-state index < -0.39 is 21.8 Å². The molecule has 0 bridgehead atoms. The molecule has 1 aliphatic heterocycles. The van der Waals surface area contributed by atoms with Gasteiger partial charge in [0.1, 0.15) is 0 Å². The second-order valence-electron chi connectivity index (χ2n) is 6.88. The maximum absolute atomic E-state index is 12.8. The molecule has 1 aliphatic rings. The molecule has 2 aromatic rings. The third kappa shape index (κ3) is 5.00. The Labute approximate surface area is 169 Å². The number of carbonyl (C=O) groups is 2. The quantitative estimate of drug-likeness (QED) is 0.735. The van der Waals surface area contributed by atoms with E-state index in [1.807, 2.05) is 13.8 Å². The molecule has 1 fully saturated rings. The Hall–Kier alpha value is -2.75. The van der Waals surface area contributed by atoms with Gasteiger partial charge in [-0.1, -0.05) is 18.2 Å². The van der Waals surface area contributed by atoms with Gasteiger partial charge in [-0.2, -0.15) is 4.31 Å². The lowest BCUT2D eigenvalue weighted by Crippen LogP contribution is -2.48. The van der Waals surface area contributed by atoms with Crippen molar-refractivity contribution >= 4 is 21.8 Å². The summed E-state index contributed by atoms with van der Waals surface area (Å²) in [4.78, 5) is 24.3. The first-order valence-electron chi connectivity index (χ1n) is 9.19. The fourth-order valence-electron chi connectivity index (χ4n) is 3.10. The summed E-state index contributed by atoms with van der Waals surface area (Å²) in [6, 6.07) is 14.0. The van der Waals surface area contributed by atoms with Crippen LogP contribution in [-0.4, -0.2) is 49.8 Å². The normalized spacial score (nSPS) is 20.1. The smallest absolute Gasteiger partial charge is 0.269 e. The van der Waals surface area contributed by atoms with Gasteiger partial charge in [0.25, 0.3) is 11.8 Å². The summed E-state index contributed by atoms with van der Waals surface area (Å²) in [5, 5.41) is 0. The molecule has 2 N–H and O–H groups in total. The van der Waals surface area contributed by atoms with E-state index in [1.165, 1.54) is 28.6 Å². The summed E-state index contributed by atoms with van der Waals surface area (Å²) in [5.74, 6) is -0.999. The van der Waals surface area contributed by atoms with Crippen LogP contribution in [0.1, 0.15) is 34.6 Å². The summed E-state index contributed by atoms with van der Waals surface area (Å²) in [6.07, 6.45) is -0.376. The van der Waals surface area contributed by atoms with Crippen molar-refractivity contribution < 1.29 is 22.7 Å². The standard InChI is InChI=1S/C20H23N3O5S/c1-14-12-23(13-15(2)28-14)29(26,27)18-10-8-17(9-11-18)20(25)22-21-19(24)16-6-4-3-5-7-16/h3-11,14-15H,12-13H2,1-2H3,(H,21,24)(H,22,25)/t14-,15+. The second kappa shape index (κ2) is 8.73. The van der Waals surface area contributed by atoms with Gasteiger partial charge in [-0.25, -0.2) is 8.42 Å². The molecule has 0 aliphatic carbocycles. The Morgan fingerprint density at radius 1 is 0.862 bits per heavy atom. The number of hydrazine groups is 1. The van der Waals surface area contributed by atoms with E-state index in [2.05, 4.69) is 10.9 Å². The molecule has 3 rings (SSSR count). The Balaban J connectivity index is 1.64. The number of sulfonamides is 1. The van der Waals surface area contributed by atoms with E-state index >= 15 is 0 Å². The van der Waals surface area contributed by atoms with Crippen LogP contribution in [0, 0.1) is 0 Å². The predicted molar refractivity (Wildman–Crippen MR) is 107 cm³/mol. The van der Waals surface area contributed by atoms with Crippen LogP contribution in [0.3, 0.4) is 0 Å². The third-order valence-corrected chi connectivity index (χ3v) is 6.31. The maximum Gasteiger partial charge on any atom is 0.269 e. The van der Waals surface area contributed by atoms with Crippen LogP contribution < -0.4 is 10.9 Å². The molecule has 154 valence electrons. The average Bonchev–Trinajstić information content (AvgIpc) is 2.71. The van der Waals surface area contributed by atoms with Gasteiger partial charge in [-0.05, 0) is 50.2 Å². The number of rotatable bonds is 4. The highest BCUT2D eigenvalue weighted by molar-refractivity contribution is 7.89. The highest BCUT2D eigenvalue weighted by Crippen LogP contribution is 2.21.